The van der Waals surface area contributed by atoms with Crippen molar-refractivity contribution in [2.45, 2.75) is 27.3 Å². The van der Waals surface area contributed by atoms with Gasteiger partial charge >= 0.3 is 0 Å². The molecule has 0 bridgehead atoms. The molecule has 0 saturated heterocycles. The van der Waals surface area contributed by atoms with Gasteiger partial charge in [0.15, 0.2) is 5.78 Å². The standard InChI is InChI=1S/C11H14N2O/c1-11(2,3)10(14)8-13-6-4-5-9(13)7-12/h4-6H,8H2,1-3H3. The first-order valence-corrected chi connectivity index (χ1v) is 4.53. The van der Waals surface area contributed by atoms with Gasteiger partial charge in [0, 0.05) is 11.6 Å². The predicted octanol–water partition coefficient (Wildman–Crippen LogP) is 1.97. The van der Waals surface area contributed by atoms with E-state index in [4.69, 9.17) is 5.26 Å². The van der Waals surface area contributed by atoms with Gasteiger partial charge in [0.25, 0.3) is 0 Å². The second-order valence-electron chi connectivity index (χ2n) is 4.31. The van der Waals surface area contributed by atoms with Crippen molar-refractivity contribution in [2.75, 3.05) is 0 Å². The van der Waals surface area contributed by atoms with Crippen LogP contribution in [0.4, 0.5) is 0 Å². The van der Waals surface area contributed by atoms with E-state index in [1.165, 1.54) is 0 Å². The van der Waals surface area contributed by atoms with Crippen LogP contribution in [0.15, 0.2) is 18.3 Å². The first-order valence-electron chi connectivity index (χ1n) is 4.53. The van der Waals surface area contributed by atoms with Crippen LogP contribution in [-0.4, -0.2) is 10.4 Å². The minimum absolute atomic E-state index is 0.130. The summed E-state index contributed by atoms with van der Waals surface area (Å²) < 4.78 is 1.67. The summed E-state index contributed by atoms with van der Waals surface area (Å²) >= 11 is 0. The monoisotopic (exact) mass is 190 g/mol. The maximum Gasteiger partial charge on any atom is 0.157 e. The lowest BCUT2D eigenvalue weighted by atomic mass is 9.91. The van der Waals surface area contributed by atoms with E-state index in [1.54, 1.807) is 22.9 Å². The Balaban J connectivity index is 2.81. The molecule has 0 unspecified atom stereocenters. The number of rotatable bonds is 2. The van der Waals surface area contributed by atoms with Crippen molar-refractivity contribution in [3.05, 3.63) is 24.0 Å². The molecule has 0 saturated carbocycles. The summed E-state index contributed by atoms with van der Waals surface area (Å²) in [4.78, 5) is 11.7. The van der Waals surface area contributed by atoms with Crippen molar-refractivity contribution in [3.63, 3.8) is 0 Å². The molecule has 0 amide bonds. The van der Waals surface area contributed by atoms with E-state index in [1.807, 2.05) is 26.8 Å². The maximum absolute atomic E-state index is 11.7. The number of aromatic nitrogens is 1. The molecule has 0 radical (unpaired) electrons. The predicted molar refractivity (Wildman–Crippen MR) is 53.6 cm³/mol. The number of ketones is 1. The Hall–Kier alpha value is -1.56. The molecule has 14 heavy (non-hydrogen) atoms. The van der Waals surface area contributed by atoms with Gasteiger partial charge in [-0.1, -0.05) is 20.8 Å². The average molecular weight is 190 g/mol. The van der Waals surface area contributed by atoms with Crippen LogP contribution < -0.4 is 0 Å². The van der Waals surface area contributed by atoms with Crippen molar-refractivity contribution < 1.29 is 4.79 Å². The fourth-order valence-corrected chi connectivity index (χ4v) is 1.05. The van der Waals surface area contributed by atoms with Gasteiger partial charge in [-0.3, -0.25) is 4.79 Å². The SMILES string of the molecule is CC(C)(C)C(=O)Cn1cccc1C#N. The van der Waals surface area contributed by atoms with Crippen LogP contribution >= 0.6 is 0 Å². The first kappa shape index (κ1) is 10.5. The minimum atomic E-state index is -0.350. The van der Waals surface area contributed by atoms with E-state index in [-0.39, 0.29) is 17.7 Å². The van der Waals surface area contributed by atoms with E-state index < -0.39 is 0 Å². The molecule has 74 valence electrons. The summed E-state index contributed by atoms with van der Waals surface area (Å²) in [6.07, 6.45) is 1.75. The molecule has 3 nitrogen and oxygen atoms in total. The van der Waals surface area contributed by atoms with Crippen LogP contribution in [0.2, 0.25) is 0 Å². The molecule has 0 fully saturated rings. The molecule has 3 heteroatoms. The molecule has 0 aliphatic carbocycles. The number of carbonyl (C=O) groups excluding carboxylic acids is 1. The Morgan fingerprint density at radius 3 is 2.71 bits per heavy atom. The van der Waals surface area contributed by atoms with Gasteiger partial charge in [0.05, 0.1) is 6.54 Å². The van der Waals surface area contributed by atoms with E-state index >= 15 is 0 Å². The van der Waals surface area contributed by atoms with Crippen molar-refractivity contribution in [3.8, 4) is 6.07 Å². The largest absolute Gasteiger partial charge is 0.332 e. The smallest absolute Gasteiger partial charge is 0.157 e. The molecule has 0 N–H and O–H groups in total. The van der Waals surface area contributed by atoms with Crippen molar-refractivity contribution >= 4 is 5.78 Å². The minimum Gasteiger partial charge on any atom is -0.332 e. The van der Waals surface area contributed by atoms with Crippen LogP contribution in [0.3, 0.4) is 0 Å². The summed E-state index contributed by atoms with van der Waals surface area (Å²) in [5.41, 5.74) is 0.180. The Labute approximate surface area is 84.0 Å². The van der Waals surface area contributed by atoms with E-state index in [0.29, 0.717) is 5.69 Å². The van der Waals surface area contributed by atoms with E-state index in [2.05, 4.69) is 0 Å². The third kappa shape index (κ3) is 2.23. The number of nitrogens with zero attached hydrogens (tertiary/aromatic N) is 2. The number of carbonyl (C=O) groups is 1. The number of nitriles is 1. The Kier molecular flexibility index (Phi) is 2.76. The molecule has 0 spiro atoms. The van der Waals surface area contributed by atoms with Gasteiger partial charge in [-0.2, -0.15) is 5.26 Å². The molecule has 1 rings (SSSR count). The molecular formula is C11H14N2O. The van der Waals surface area contributed by atoms with Gasteiger partial charge in [0.2, 0.25) is 0 Å². The van der Waals surface area contributed by atoms with Crippen molar-refractivity contribution in [1.29, 1.82) is 5.26 Å². The van der Waals surface area contributed by atoms with Gasteiger partial charge in [-0.05, 0) is 12.1 Å². The van der Waals surface area contributed by atoms with Crippen LogP contribution in [0, 0.1) is 16.7 Å². The third-order valence-electron chi connectivity index (χ3n) is 2.09. The maximum atomic E-state index is 11.7. The highest BCUT2D eigenvalue weighted by atomic mass is 16.1. The second-order valence-corrected chi connectivity index (χ2v) is 4.31. The summed E-state index contributed by atoms with van der Waals surface area (Å²) in [6, 6.07) is 5.52. The molecule has 0 aliphatic heterocycles. The Morgan fingerprint density at radius 2 is 2.21 bits per heavy atom. The fraction of sp³-hybridized carbons (Fsp3) is 0.455. The lowest BCUT2D eigenvalue weighted by Gasteiger charge is -2.17. The zero-order valence-electron chi connectivity index (χ0n) is 8.74. The van der Waals surface area contributed by atoms with Gasteiger partial charge in [-0.15, -0.1) is 0 Å². The van der Waals surface area contributed by atoms with Crippen LogP contribution in [-0.2, 0) is 11.3 Å². The fourth-order valence-electron chi connectivity index (χ4n) is 1.05. The number of Topliss-reactive ketones (excluding diaryl/α,β-unsaturated/α-hetero) is 1. The number of hydrogen-bond donors (Lipinski definition) is 0. The molecule has 1 heterocycles. The van der Waals surface area contributed by atoms with Crippen molar-refractivity contribution in [2.24, 2.45) is 5.41 Å². The van der Waals surface area contributed by atoms with E-state index in [0.717, 1.165) is 0 Å². The average Bonchev–Trinajstić information content (AvgIpc) is 2.50. The normalized spacial score (nSPS) is 11.0. The Bertz CT molecular complexity index is 377. The third-order valence-corrected chi connectivity index (χ3v) is 2.09. The first-order chi connectivity index (χ1) is 6.45. The Morgan fingerprint density at radius 1 is 1.57 bits per heavy atom. The zero-order valence-corrected chi connectivity index (χ0v) is 8.74. The highest BCUT2D eigenvalue weighted by Crippen LogP contribution is 2.16. The summed E-state index contributed by atoms with van der Waals surface area (Å²) in [6.45, 7) is 5.92. The topological polar surface area (TPSA) is 45.8 Å². The van der Waals surface area contributed by atoms with Gasteiger partial charge < -0.3 is 4.57 Å². The van der Waals surface area contributed by atoms with Gasteiger partial charge in [0.1, 0.15) is 11.8 Å². The van der Waals surface area contributed by atoms with E-state index in [9.17, 15) is 4.79 Å². The molecule has 0 atom stereocenters. The van der Waals surface area contributed by atoms with Crippen LogP contribution in [0.1, 0.15) is 26.5 Å². The van der Waals surface area contributed by atoms with Crippen LogP contribution in [0.5, 0.6) is 0 Å². The van der Waals surface area contributed by atoms with Gasteiger partial charge in [-0.25, -0.2) is 0 Å². The lowest BCUT2D eigenvalue weighted by molar-refractivity contribution is -0.126. The molecular weight excluding hydrogens is 176 g/mol. The summed E-state index contributed by atoms with van der Waals surface area (Å²) in [7, 11) is 0. The van der Waals surface area contributed by atoms with Crippen LogP contribution in [0.25, 0.3) is 0 Å². The number of hydrogen-bond acceptors (Lipinski definition) is 2. The zero-order chi connectivity index (χ0) is 10.8. The summed E-state index contributed by atoms with van der Waals surface area (Å²) in [5.74, 6) is 0.130. The van der Waals surface area contributed by atoms with Crippen molar-refractivity contribution in [1.82, 2.24) is 4.57 Å². The summed E-state index contributed by atoms with van der Waals surface area (Å²) in [5, 5.41) is 8.74. The lowest BCUT2D eigenvalue weighted by Crippen LogP contribution is -2.25. The molecule has 0 aromatic carbocycles. The quantitative estimate of drug-likeness (QED) is 0.715. The molecule has 1 aromatic rings. The molecule has 0 aliphatic rings. The highest BCUT2D eigenvalue weighted by molar-refractivity contribution is 5.83. The second kappa shape index (κ2) is 3.67. The highest BCUT2D eigenvalue weighted by Gasteiger charge is 2.21. The molecule has 1 aromatic heterocycles.